The van der Waals surface area contributed by atoms with Gasteiger partial charge in [0.2, 0.25) is 0 Å². The van der Waals surface area contributed by atoms with Crippen LogP contribution < -0.4 is 0 Å². The number of hydrogen-bond acceptors (Lipinski definition) is 6. The zero-order valence-electron chi connectivity index (χ0n) is 19.9. The number of pyridine rings is 3. The number of hydrogen-bond donors (Lipinski definition) is 2. The number of nitrogens with one attached hydrogen (secondary N) is 2. The van der Waals surface area contributed by atoms with Gasteiger partial charge < -0.3 is 4.98 Å². The number of aromatic nitrogens is 7. The Balaban J connectivity index is 1.31. The fourth-order valence-electron chi connectivity index (χ4n) is 5.14. The number of halogens is 1. The van der Waals surface area contributed by atoms with E-state index in [9.17, 15) is 0 Å². The van der Waals surface area contributed by atoms with E-state index in [1.165, 1.54) is 18.9 Å². The second kappa shape index (κ2) is 8.86. The summed E-state index contributed by atoms with van der Waals surface area (Å²) in [5, 5.41) is 7.92. The Morgan fingerprint density at radius 2 is 1.76 bits per heavy atom. The van der Waals surface area contributed by atoms with Crippen LogP contribution in [-0.4, -0.2) is 53.1 Å². The Hall–Kier alpha value is -4.50. The van der Waals surface area contributed by atoms with E-state index in [4.69, 9.17) is 4.98 Å². The van der Waals surface area contributed by atoms with Crippen LogP contribution in [0.4, 0.5) is 4.39 Å². The van der Waals surface area contributed by atoms with E-state index in [2.05, 4.69) is 41.1 Å². The highest BCUT2D eigenvalue weighted by atomic mass is 19.1. The number of rotatable bonds is 5. The highest BCUT2D eigenvalue weighted by Gasteiger charge is 2.19. The molecule has 5 aromatic heterocycles. The largest absolute Gasteiger partial charge is 0.321 e. The lowest BCUT2D eigenvalue weighted by Crippen LogP contribution is -2.18. The van der Waals surface area contributed by atoms with Crippen molar-refractivity contribution < 1.29 is 4.39 Å². The Morgan fingerprint density at radius 1 is 0.892 bits per heavy atom. The van der Waals surface area contributed by atoms with Gasteiger partial charge >= 0.3 is 0 Å². The lowest BCUT2D eigenvalue weighted by atomic mass is 10.0. The van der Waals surface area contributed by atoms with Gasteiger partial charge in [-0.15, -0.1) is 0 Å². The van der Waals surface area contributed by atoms with E-state index in [1.807, 2.05) is 30.5 Å². The lowest BCUT2D eigenvalue weighted by molar-refractivity contribution is 0.331. The highest BCUT2D eigenvalue weighted by molar-refractivity contribution is 5.97. The molecule has 0 amide bonds. The first-order valence-electron chi connectivity index (χ1n) is 12.3. The number of benzene rings is 1. The van der Waals surface area contributed by atoms with Gasteiger partial charge in [0.05, 0.1) is 0 Å². The van der Waals surface area contributed by atoms with E-state index in [0.717, 1.165) is 53.0 Å². The lowest BCUT2D eigenvalue weighted by Gasteiger charge is -2.14. The van der Waals surface area contributed by atoms with Gasteiger partial charge in [0.15, 0.2) is 11.5 Å². The van der Waals surface area contributed by atoms with E-state index >= 15 is 4.39 Å². The van der Waals surface area contributed by atoms with Gasteiger partial charge in [-0.05, 0) is 79.0 Å². The molecule has 0 aliphatic carbocycles. The summed E-state index contributed by atoms with van der Waals surface area (Å²) in [4.78, 5) is 23.5. The third-order valence-corrected chi connectivity index (χ3v) is 6.96. The van der Waals surface area contributed by atoms with Gasteiger partial charge in [0.1, 0.15) is 22.5 Å². The Bertz CT molecular complexity index is 1730. The predicted octanol–water partition coefficient (Wildman–Crippen LogP) is 5.36. The molecule has 0 bridgehead atoms. The van der Waals surface area contributed by atoms with Crippen molar-refractivity contribution in [2.75, 3.05) is 13.1 Å². The number of H-pyrrole nitrogens is 2. The summed E-state index contributed by atoms with van der Waals surface area (Å²) in [5.41, 5.74) is 6.89. The molecule has 1 fully saturated rings. The number of fused-ring (bicyclic) bond motifs is 2. The Labute approximate surface area is 211 Å². The van der Waals surface area contributed by atoms with Crippen LogP contribution in [-0.2, 0) is 6.54 Å². The summed E-state index contributed by atoms with van der Waals surface area (Å²) >= 11 is 0. The van der Waals surface area contributed by atoms with Gasteiger partial charge in [-0.25, -0.2) is 14.4 Å². The Kier molecular flexibility index (Phi) is 5.21. The van der Waals surface area contributed by atoms with Crippen molar-refractivity contribution in [3.8, 4) is 33.8 Å². The first kappa shape index (κ1) is 21.8. The maximum absolute atomic E-state index is 15.2. The van der Waals surface area contributed by atoms with E-state index < -0.39 is 0 Å². The quantitative estimate of drug-likeness (QED) is 0.338. The van der Waals surface area contributed by atoms with Gasteiger partial charge in [0, 0.05) is 54.0 Å². The van der Waals surface area contributed by atoms with Crippen molar-refractivity contribution in [3.63, 3.8) is 0 Å². The van der Waals surface area contributed by atoms with E-state index in [0.29, 0.717) is 28.1 Å². The van der Waals surface area contributed by atoms with Crippen LogP contribution in [0.15, 0.2) is 67.4 Å². The fourth-order valence-corrected chi connectivity index (χ4v) is 5.14. The summed E-state index contributed by atoms with van der Waals surface area (Å²) in [6.45, 7) is 3.07. The molecule has 2 N–H and O–H groups in total. The van der Waals surface area contributed by atoms with Gasteiger partial charge in [-0.3, -0.25) is 20.0 Å². The number of nitrogens with zero attached hydrogens (tertiary/aromatic N) is 6. The summed E-state index contributed by atoms with van der Waals surface area (Å²) in [6.07, 6.45) is 11.4. The highest BCUT2D eigenvalue weighted by Crippen LogP contribution is 2.34. The van der Waals surface area contributed by atoms with E-state index in [-0.39, 0.29) is 5.82 Å². The van der Waals surface area contributed by atoms with Crippen molar-refractivity contribution in [1.29, 1.82) is 0 Å². The minimum atomic E-state index is -0.372. The molecular weight excluding hydrogens is 467 g/mol. The molecule has 0 spiro atoms. The normalized spacial score (nSPS) is 14.2. The van der Waals surface area contributed by atoms with Crippen LogP contribution in [0, 0.1) is 5.82 Å². The van der Waals surface area contributed by atoms with Crippen LogP contribution in [0.3, 0.4) is 0 Å². The predicted molar refractivity (Wildman–Crippen MR) is 140 cm³/mol. The maximum atomic E-state index is 15.2. The molecule has 9 heteroatoms. The first-order chi connectivity index (χ1) is 18.2. The standard InChI is InChI=1S/C28H23FN8/c29-23-13-19(20-11-17(14-31-15-20)16-37-9-1-2-10-37)12-22-24(23)35-36-26(22)28-33-25-21(5-8-32-27(25)34-28)18-3-6-30-7-4-18/h3-8,11-15H,1-2,9-10,16H2,(H,35,36)(H,32,33,34). The van der Waals surface area contributed by atoms with Crippen LogP contribution in [0.25, 0.3) is 55.8 Å². The summed E-state index contributed by atoms with van der Waals surface area (Å²) in [6, 6.07) is 11.4. The van der Waals surface area contributed by atoms with Crippen molar-refractivity contribution in [3.05, 3.63) is 78.8 Å². The molecule has 1 aliphatic heterocycles. The minimum Gasteiger partial charge on any atom is -0.321 e. The molecule has 6 heterocycles. The van der Waals surface area contributed by atoms with Gasteiger partial charge in [-0.1, -0.05) is 0 Å². The molecule has 6 aromatic rings. The zero-order chi connectivity index (χ0) is 24.8. The number of imidazole rings is 1. The molecule has 0 saturated carbocycles. The second-order valence-electron chi connectivity index (χ2n) is 9.39. The van der Waals surface area contributed by atoms with Crippen molar-refractivity contribution in [1.82, 2.24) is 40.0 Å². The average molecular weight is 491 g/mol. The summed E-state index contributed by atoms with van der Waals surface area (Å²) in [7, 11) is 0. The molecule has 0 radical (unpaired) electrons. The third kappa shape index (κ3) is 3.93. The molecule has 37 heavy (non-hydrogen) atoms. The zero-order valence-corrected chi connectivity index (χ0v) is 19.9. The minimum absolute atomic E-state index is 0.336. The van der Waals surface area contributed by atoms with Crippen molar-refractivity contribution in [2.45, 2.75) is 19.4 Å². The molecule has 1 saturated heterocycles. The maximum Gasteiger partial charge on any atom is 0.160 e. The summed E-state index contributed by atoms with van der Waals surface area (Å²) < 4.78 is 15.2. The molecule has 1 aromatic carbocycles. The van der Waals surface area contributed by atoms with Crippen LogP contribution in [0.5, 0.6) is 0 Å². The first-order valence-corrected chi connectivity index (χ1v) is 12.3. The average Bonchev–Trinajstić information content (AvgIpc) is 3.69. The Morgan fingerprint density at radius 3 is 2.62 bits per heavy atom. The molecule has 182 valence electrons. The molecule has 8 nitrogen and oxygen atoms in total. The number of aromatic amines is 2. The second-order valence-corrected chi connectivity index (χ2v) is 9.39. The molecule has 1 aliphatic rings. The van der Waals surface area contributed by atoms with Crippen LogP contribution >= 0.6 is 0 Å². The number of likely N-dealkylation sites (tertiary alicyclic amines) is 1. The SMILES string of the molecule is Fc1cc(-c2cncc(CN3CCCC3)c2)cc2c(-c3nc4c(-c5ccncc5)ccnc4[nH]3)n[nH]c12. The summed E-state index contributed by atoms with van der Waals surface area (Å²) in [5.74, 6) is 0.149. The fraction of sp³-hybridized carbons (Fsp3) is 0.179. The molecule has 7 rings (SSSR count). The molecule has 0 atom stereocenters. The van der Waals surface area contributed by atoms with Crippen molar-refractivity contribution >= 4 is 22.1 Å². The topological polar surface area (TPSA) is 99.3 Å². The van der Waals surface area contributed by atoms with Crippen LogP contribution in [0.1, 0.15) is 18.4 Å². The molecule has 0 unspecified atom stereocenters. The van der Waals surface area contributed by atoms with Crippen LogP contribution in [0.2, 0.25) is 0 Å². The molecular formula is C28H23FN8. The van der Waals surface area contributed by atoms with E-state index in [1.54, 1.807) is 24.8 Å². The van der Waals surface area contributed by atoms with Crippen molar-refractivity contribution in [2.24, 2.45) is 0 Å². The third-order valence-electron chi connectivity index (χ3n) is 6.96. The smallest absolute Gasteiger partial charge is 0.160 e. The monoisotopic (exact) mass is 490 g/mol. The van der Waals surface area contributed by atoms with Gasteiger partial charge in [0.25, 0.3) is 0 Å². The van der Waals surface area contributed by atoms with Gasteiger partial charge in [-0.2, -0.15) is 5.10 Å².